The van der Waals surface area contributed by atoms with E-state index in [0.717, 1.165) is 16.0 Å². The number of amides is 1. The van der Waals surface area contributed by atoms with Crippen LogP contribution in [0.3, 0.4) is 0 Å². The largest absolute Gasteiger partial charge is 0.483 e. The van der Waals surface area contributed by atoms with Gasteiger partial charge in [0.2, 0.25) is 0 Å². The van der Waals surface area contributed by atoms with Crippen LogP contribution in [0.15, 0.2) is 18.2 Å². The molecule has 0 fully saturated rings. The fourth-order valence-electron chi connectivity index (χ4n) is 2.66. The van der Waals surface area contributed by atoms with Gasteiger partial charge in [-0.3, -0.25) is 4.79 Å². The van der Waals surface area contributed by atoms with E-state index in [4.69, 9.17) is 21.1 Å². The highest BCUT2D eigenvalue weighted by molar-refractivity contribution is 7.16. The normalized spacial score (nSPS) is 10.8. The first-order valence-electron chi connectivity index (χ1n) is 8.75. The average Bonchev–Trinajstić information content (AvgIpc) is 2.88. The van der Waals surface area contributed by atoms with E-state index in [2.05, 4.69) is 5.32 Å². The van der Waals surface area contributed by atoms with Crippen LogP contribution in [0.25, 0.3) is 0 Å². The summed E-state index contributed by atoms with van der Waals surface area (Å²) in [5.74, 6) is -0.173. The number of benzene rings is 1. The maximum Gasteiger partial charge on any atom is 0.341 e. The van der Waals surface area contributed by atoms with Gasteiger partial charge < -0.3 is 14.8 Å². The van der Waals surface area contributed by atoms with Crippen LogP contribution < -0.4 is 10.1 Å². The Morgan fingerprint density at radius 3 is 2.56 bits per heavy atom. The molecule has 146 valence electrons. The van der Waals surface area contributed by atoms with Gasteiger partial charge in [-0.15, -0.1) is 11.3 Å². The Balaban J connectivity index is 2.13. The summed E-state index contributed by atoms with van der Waals surface area (Å²) in [5, 5.41) is 3.90. The maximum absolute atomic E-state index is 12.5. The quantitative estimate of drug-likeness (QED) is 0.641. The van der Waals surface area contributed by atoms with E-state index in [1.165, 1.54) is 11.3 Å². The van der Waals surface area contributed by atoms with Crippen molar-refractivity contribution in [1.82, 2.24) is 0 Å². The average molecular weight is 410 g/mol. The molecular weight excluding hydrogens is 386 g/mol. The van der Waals surface area contributed by atoms with E-state index in [1.807, 2.05) is 20.8 Å². The molecule has 0 aliphatic rings. The van der Waals surface area contributed by atoms with Crippen molar-refractivity contribution in [3.63, 3.8) is 0 Å². The van der Waals surface area contributed by atoms with E-state index < -0.39 is 5.97 Å². The second-order valence-corrected chi connectivity index (χ2v) is 8.06. The van der Waals surface area contributed by atoms with Crippen molar-refractivity contribution >= 4 is 39.8 Å². The summed E-state index contributed by atoms with van der Waals surface area (Å²) in [6, 6.07) is 5.20. The van der Waals surface area contributed by atoms with E-state index in [0.29, 0.717) is 27.8 Å². The number of carbonyl (C=O) groups excluding carboxylic acids is 2. The molecule has 0 unspecified atom stereocenters. The third-order valence-electron chi connectivity index (χ3n) is 3.86. The van der Waals surface area contributed by atoms with Gasteiger partial charge in [-0.25, -0.2) is 4.79 Å². The Labute approximate surface area is 168 Å². The third kappa shape index (κ3) is 5.47. The van der Waals surface area contributed by atoms with Gasteiger partial charge >= 0.3 is 5.97 Å². The molecule has 0 spiro atoms. The van der Waals surface area contributed by atoms with Gasteiger partial charge in [0.05, 0.1) is 11.7 Å². The van der Waals surface area contributed by atoms with Crippen LogP contribution in [0, 0.1) is 13.8 Å². The van der Waals surface area contributed by atoms with Gasteiger partial charge in [0.1, 0.15) is 10.8 Å². The van der Waals surface area contributed by atoms with Gasteiger partial charge in [0.25, 0.3) is 5.91 Å². The fourth-order valence-corrected chi connectivity index (χ4v) is 4.04. The van der Waals surface area contributed by atoms with Crippen molar-refractivity contribution in [3.05, 3.63) is 44.8 Å². The SMILES string of the molecule is CCc1c(C)sc(NC(=O)COc2ccc(Cl)cc2C)c1C(=O)OC(C)C. The summed E-state index contributed by atoms with van der Waals surface area (Å²) in [6.07, 6.45) is 0.448. The van der Waals surface area contributed by atoms with Crippen LogP contribution in [0.5, 0.6) is 5.75 Å². The number of aryl methyl sites for hydroxylation is 2. The predicted molar refractivity (Wildman–Crippen MR) is 109 cm³/mol. The lowest BCUT2D eigenvalue weighted by atomic mass is 10.1. The number of thiophene rings is 1. The van der Waals surface area contributed by atoms with E-state index in [1.54, 1.807) is 32.0 Å². The molecule has 5 nitrogen and oxygen atoms in total. The standard InChI is InChI=1S/C20H24ClNO4S/c1-6-15-13(5)27-19(18(15)20(24)26-11(2)3)22-17(23)10-25-16-8-7-14(21)9-12(16)4/h7-9,11H,6,10H2,1-5H3,(H,22,23). The molecule has 1 N–H and O–H groups in total. The molecule has 7 heteroatoms. The highest BCUT2D eigenvalue weighted by Gasteiger charge is 2.24. The summed E-state index contributed by atoms with van der Waals surface area (Å²) in [7, 11) is 0. The Morgan fingerprint density at radius 1 is 1.26 bits per heavy atom. The second-order valence-electron chi connectivity index (χ2n) is 6.40. The number of halogens is 1. The summed E-state index contributed by atoms with van der Waals surface area (Å²) in [4.78, 5) is 25.8. The van der Waals surface area contributed by atoms with Crippen molar-refractivity contribution in [1.29, 1.82) is 0 Å². The summed E-state index contributed by atoms with van der Waals surface area (Å²) >= 11 is 7.29. The number of ether oxygens (including phenoxy) is 2. The van der Waals surface area contributed by atoms with Crippen LogP contribution in [0.1, 0.15) is 47.1 Å². The Bertz CT molecular complexity index is 845. The zero-order valence-electron chi connectivity index (χ0n) is 16.1. The van der Waals surface area contributed by atoms with E-state index >= 15 is 0 Å². The van der Waals surface area contributed by atoms with Crippen LogP contribution in [-0.4, -0.2) is 24.6 Å². The molecule has 2 rings (SSSR count). The molecule has 0 aliphatic carbocycles. The van der Waals surface area contributed by atoms with Crippen molar-refractivity contribution in [2.45, 2.75) is 47.1 Å². The molecule has 0 saturated carbocycles. The fraction of sp³-hybridized carbons (Fsp3) is 0.400. The van der Waals surface area contributed by atoms with Crippen molar-refractivity contribution in [3.8, 4) is 5.75 Å². The van der Waals surface area contributed by atoms with E-state index in [-0.39, 0.29) is 18.6 Å². The Morgan fingerprint density at radius 2 is 1.96 bits per heavy atom. The molecule has 0 aliphatic heterocycles. The zero-order valence-corrected chi connectivity index (χ0v) is 17.7. The molecule has 0 saturated heterocycles. The first-order chi connectivity index (χ1) is 12.7. The first-order valence-corrected chi connectivity index (χ1v) is 9.94. The molecular formula is C20H24ClNO4S. The van der Waals surface area contributed by atoms with Gasteiger partial charge in [0.15, 0.2) is 6.61 Å². The lowest BCUT2D eigenvalue weighted by Gasteiger charge is -2.12. The molecule has 27 heavy (non-hydrogen) atoms. The van der Waals surface area contributed by atoms with Gasteiger partial charge in [-0.1, -0.05) is 18.5 Å². The number of anilines is 1. The zero-order chi connectivity index (χ0) is 20.1. The molecule has 1 amide bonds. The molecule has 1 heterocycles. The van der Waals surface area contributed by atoms with Crippen LogP contribution in [-0.2, 0) is 16.0 Å². The summed E-state index contributed by atoms with van der Waals surface area (Å²) < 4.78 is 10.9. The first kappa shape index (κ1) is 21.3. The number of hydrogen-bond acceptors (Lipinski definition) is 5. The smallest absolute Gasteiger partial charge is 0.341 e. The molecule has 1 aromatic heterocycles. The summed E-state index contributed by atoms with van der Waals surface area (Å²) in [5.41, 5.74) is 2.18. The highest BCUT2D eigenvalue weighted by atomic mass is 35.5. The molecule has 0 radical (unpaired) electrons. The minimum absolute atomic E-state index is 0.167. The molecule has 0 bridgehead atoms. The Hall–Kier alpha value is -2.05. The topological polar surface area (TPSA) is 64.6 Å². The molecule has 0 atom stereocenters. The van der Waals surface area contributed by atoms with Crippen molar-refractivity contribution in [2.24, 2.45) is 0 Å². The number of carbonyl (C=O) groups is 2. The van der Waals surface area contributed by atoms with Crippen LogP contribution in [0.2, 0.25) is 5.02 Å². The number of nitrogens with one attached hydrogen (secondary N) is 1. The lowest BCUT2D eigenvalue weighted by molar-refractivity contribution is -0.118. The molecule has 2 aromatic rings. The van der Waals surface area contributed by atoms with Crippen molar-refractivity contribution in [2.75, 3.05) is 11.9 Å². The van der Waals surface area contributed by atoms with Crippen LogP contribution in [0.4, 0.5) is 5.00 Å². The van der Waals surface area contributed by atoms with Gasteiger partial charge in [-0.05, 0) is 63.4 Å². The second kappa shape index (κ2) is 9.24. The van der Waals surface area contributed by atoms with E-state index in [9.17, 15) is 9.59 Å². The van der Waals surface area contributed by atoms with Gasteiger partial charge in [-0.2, -0.15) is 0 Å². The maximum atomic E-state index is 12.5. The minimum atomic E-state index is -0.420. The highest BCUT2D eigenvalue weighted by Crippen LogP contribution is 2.34. The number of rotatable bonds is 7. The Kier molecular flexibility index (Phi) is 7.27. The van der Waals surface area contributed by atoms with Crippen molar-refractivity contribution < 1.29 is 19.1 Å². The predicted octanol–water partition coefficient (Wildman–Crippen LogP) is 5.16. The van der Waals surface area contributed by atoms with Crippen LogP contribution >= 0.6 is 22.9 Å². The number of hydrogen-bond donors (Lipinski definition) is 1. The minimum Gasteiger partial charge on any atom is -0.483 e. The summed E-state index contributed by atoms with van der Waals surface area (Å²) in [6.45, 7) is 9.18. The monoisotopic (exact) mass is 409 g/mol. The lowest BCUT2D eigenvalue weighted by Crippen LogP contribution is -2.22. The van der Waals surface area contributed by atoms with Gasteiger partial charge in [0, 0.05) is 9.90 Å². The number of esters is 1. The molecule has 1 aromatic carbocycles. The third-order valence-corrected chi connectivity index (χ3v) is 5.16.